The van der Waals surface area contributed by atoms with E-state index in [0.717, 1.165) is 19.4 Å². The average molecular weight is 228 g/mol. The molecular weight excluding hydrogens is 208 g/mol. The van der Waals surface area contributed by atoms with Crippen LogP contribution in [0.3, 0.4) is 0 Å². The molecule has 2 saturated heterocycles. The van der Waals surface area contributed by atoms with Gasteiger partial charge >= 0.3 is 5.97 Å². The molecule has 2 rings (SSSR count). The van der Waals surface area contributed by atoms with E-state index in [0.29, 0.717) is 6.61 Å². The van der Waals surface area contributed by atoms with E-state index in [1.54, 1.807) is 0 Å². The van der Waals surface area contributed by atoms with Gasteiger partial charge in [0.2, 0.25) is 0 Å². The largest absolute Gasteiger partial charge is 0.481 e. The van der Waals surface area contributed by atoms with Crippen molar-refractivity contribution in [3.63, 3.8) is 0 Å². The van der Waals surface area contributed by atoms with Gasteiger partial charge in [-0.25, -0.2) is 0 Å². The predicted molar refractivity (Wildman–Crippen MR) is 58.2 cm³/mol. The molecule has 2 aliphatic rings. The minimum atomic E-state index is -0.716. The van der Waals surface area contributed by atoms with Gasteiger partial charge in [0.15, 0.2) is 0 Å². The summed E-state index contributed by atoms with van der Waals surface area (Å²) >= 11 is 0. The first-order chi connectivity index (χ1) is 7.48. The van der Waals surface area contributed by atoms with Gasteiger partial charge in [-0.15, -0.1) is 0 Å². The van der Waals surface area contributed by atoms with Crippen LogP contribution in [0.4, 0.5) is 0 Å². The van der Waals surface area contributed by atoms with Crippen LogP contribution in [0.1, 0.15) is 33.1 Å². The van der Waals surface area contributed by atoms with Gasteiger partial charge in [0, 0.05) is 18.9 Å². The quantitative estimate of drug-likeness (QED) is 0.781. The van der Waals surface area contributed by atoms with E-state index < -0.39 is 5.97 Å². The molecule has 0 bridgehead atoms. The Bertz CT molecular complexity index is 274. The molecule has 0 aromatic carbocycles. The van der Waals surface area contributed by atoms with Crippen molar-refractivity contribution in [1.29, 1.82) is 0 Å². The van der Waals surface area contributed by atoms with Crippen molar-refractivity contribution in [2.45, 2.75) is 44.8 Å². The number of ether oxygens (including phenoxy) is 2. The number of carbonyl (C=O) groups is 1. The van der Waals surface area contributed by atoms with Gasteiger partial charge in [0.05, 0.1) is 18.3 Å². The Balaban J connectivity index is 2.10. The van der Waals surface area contributed by atoms with Crippen molar-refractivity contribution in [1.82, 2.24) is 0 Å². The van der Waals surface area contributed by atoms with Crippen LogP contribution in [0, 0.1) is 11.8 Å². The molecule has 92 valence electrons. The predicted octanol–water partition coefficient (Wildman–Crippen LogP) is 1.68. The number of rotatable bonds is 2. The first kappa shape index (κ1) is 11.9. The highest BCUT2D eigenvalue weighted by Gasteiger charge is 2.44. The molecule has 3 atom stereocenters. The summed E-state index contributed by atoms with van der Waals surface area (Å²) in [4.78, 5) is 10.9. The SMILES string of the molecule is CC1(C)CC(CC(=O)O)C2COCCC2O1. The lowest BCUT2D eigenvalue weighted by atomic mass is 9.74. The highest BCUT2D eigenvalue weighted by Crippen LogP contribution is 2.41. The fraction of sp³-hybridized carbons (Fsp3) is 0.917. The Morgan fingerprint density at radius 1 is 1.50 bits per heavy atom. The Morgan fingerprint density at radius 2 is 2.25 bits per heavy atom. The fourth-order valence-electron chi connectivity index (χ4n) is 3.01. The summed E-state index contributed by atoms with van der Waals surface area (Å²) in [7, 11) is 0. The van der Waals surface area contributed by atoms with Crippen molar-refractivity contribution >= 4 is 5.97 Å². The van der Waals surface area contributed by atoms with Gasteiger partial charge in [-0.2, -0.15) is 0 Å². The molecule has 2 heterocycles. The zero-order valence-corrected chi connectivity index (χ0v) is 9.94. The van der Waals surface area contributed by atoms with Crippen molar-refractivity contribution in [3.8, 4) is 0 Å². The summed E-state index contributed by atoms with van der Waals surface area (Å²) in [6.45, 7) is 5.48. The molecule has 16 heavy (non-hydrogen) atoms. The number of carboxylic acids is 1. The lowest BCUT2D eigenvalue weighted by molar-refractivity contribution is -0.197. The lowest BCUT2D eigenvalue weighted by Crippen LogP contribution is -2.50. The molecule has 4 heteroatoms. The second-order valence-corrected chi connectivity index (χ2v) is 5.51. The highest BCUT2D eigenvalue weighted by molar-refractivity contribution is 5.67. The molecule has 4 nitrogen and oxygen atoms in total. The van der Waals surface area contributed by atoms with E-state index in [1.165, 1.54) is 0 Å². The maximum Gasteiger partial charge on any atom is 0.303 e. The molecule has 0 radical (unpaired) electrons. The second kappa shape index (κ2) is 4.34. The summed E-state index contributed by atoms with van der Waals surface area (Å²) in [5, 5.41) is 8.94. The highest BCUT2D eigenvalue weighted by atomic mass is 16.5. The topological polar surface area (TPSA) is 55.8 Å². The van der Waals surface area contributed by atoms with E-state index >= 15 is 0 Å². The summed E-state index contributed by atoms with van der Waals surface area (Å²) in [5.41, 5.74) is -0.196. The third kappa shape index (κ3) is 2.55. The standard InChI is InChI=1S/C12H20O4/c1-12(2)6-8(5-11(13)14)9-7-15-4-3-10(9)16-12/h8-10H,3-7H2,1-2H3,(H,13,14). The zero-order valence-electron chi connectivity index (χ0n) is 9.94. The second-order valence-electron chi connectivity index (χ2n) is 5.51. The molecule has 0 amide bonds. The minimum Gasteiger partial charge on any atom is -0.481 e. The van der Waals surface area contributed by atoms with Crippen LogP contribution >= 0.6 is 0 Å². The van der Waals surface area contributed by atoms with Crippen LogP contribution in [-0.4, -0.2) is 36.0 Å². The van der Waals surface area contributed by atoms with E-state index in [4.69, 9.17) is 14.6 Å². The summed E-state index contributed by atoms with van der Waals surface area (Å²) in [6, 6.07) is 0. The Labute approximate surface area is 95.9 Å². The van der Waals surface area contributed by atoms with E-state index in [1.807, 2.05) is 13.8 Å². The van der Waals surface area contributed by atoms with Crippen LogP contribution in [0.25, 0.3) is 0 Å². The van der Waals surface area contributed by atoms with E-state index in [9.17, 15) is 4.79 Å². The maximum atomic E-state index is 10.9. The molecule has 0 spiro atoms. The van der Waals surface area contributed by atoms with E-state index in [2.05, 4.69) is 0 Å². The van der Waals surface area contributed by atoms with Gasteiger partial charge in [-0.1, -0.05) is 0 Å². The fourth-order valence-corrected chi connectivity index (χ4v) is 3.01. The minimum absolute atomic E-state index is 0.182. The first-order valence-corrected chi connectivity index (χ1v) is 5.95. The van der Waals surface area contributed by atoms with Crippen molar-refractivity contribution in [2.24, 2.45) is 11.8 Å². The van der Waals surface area contributed by atoms with Gasteiger partial charge in [-0.05, 0) is 32.6 Å². The molecule has 2 aliphatic heterocycles. The molecular formula is C12H20O4. The van der Waals surface area contributed by atoms with Crippen LogP contribution in [0.5, 0.6) is 0 Å². The molecule has 0 aromatic heterocycles. The van der Waals surface area contributed by atoms with Crippen LogP contribution in [0.2, 0.25) is 0 Å². The van der Waals surface area contributed by atoms with Crippen LogP contribution < -0.4 is 0 Å². The van der Waals surface area contributed by atoms with E-state index in [-0.39, 0.29) is 30.0 Å². The molecule has 0 saturated carbocycles. The lowest BCUT2D eigenvalue weighted by Gasteiger charge is -2.47. The number of carboxylic acid groups (broad SMARTS) is 1. The first-order valence-electron chi connectivity index (χ1n) is 5.95. The van der Waals surface area contributed by atoms with Gasteiger partial charge < -0.3 is 14.6 Å². The molecule has 3 unspecified atom stereocenters. The van der Waals surface area contributed by atoms with Crippen molar-refractivity contribution in [2.75, 3.05) is 13.2 Å². The summed E-state index contributed by atoms with van der Waals surface area (Å²) < 4.78 is 11.5. The number of hydrogen-bond donors (Lipinski definition) is 1. The normalized spacial score (nSPS) is 37.8. The molecule has 0 aromatic rings. The molecule has 0 aliphatic carbocycles. The Kier molecular flexibility index (Phi) is 3.22. The Morgan fingerprint density at radius 3 is 2.94 bits per heavy atom. The third-order valence-corrected chi connectivity index (χ3v) is 3.60. The average Bonchev–Trinajstić information content (AvgIpc) is 2.14. The van der Waals surface area contributed by atoms with Gasteiger partial charge in [-0.3, -0.25) is 4.79 Å². The monoisotopic (exact) mass is 228 g/mol. The Hall–Kier alpha value is -0.610. The number of aliphatic carboxylic acids is 1. The van der Waals surface area contributed by atoms with Gasteiger partial charge in [0.1, 0.15) is 0 Å². The van der Waals surface area contributed by atoms with Gasteiger partial charge in [0.25, 0.3) is 0 Å². The van der Waals surface area contributed by atoms with Crippen molar-refractivity contribution < 1.29 is 19.4 Å². The zero-order chi connectivity index (χ0) is 11.8. The molecule has 2 fully saturated rings. The third-order valence-electron chi connectivity index (χ3n) is 3.60. The van der Waals surface area contributed by atoms with Crippen LogP contribution in [0.15, 0.2) is 0 Å². The maximum absolute atomic E-state index is 10.9. The van der Waals surface area contributed by atoms with Crippen molar-refractivity contribution in [3.05, 3.63) is 0 Å². The van der Waals surface area contributed by atoms with Crippen LogP contribution in [-0.2, 0) is 14.3 Å². The smallest absolute Gasteiger partial charge is 0.303 e. The number of fused-ring (bicyclic) bond motifs is 1. The summed E-state index contributed by atoms with van der Waals surface area (Å²) in [5.74, 6) is -0.267. The summed E-state index contributed by atoms with van der Waals surface area (Å²) in [6.07, 6.45) is 2.12. The number of hydrogen-bond acceptors (Lipinski definition) is 3. The molecule has 1 N–H and O–H groups in total.